The Balaban J connectivity index is 2.02. The van der Waals surface area contributed by atoms with Gasteiger partial charge in [-0.2, -0.15) is 10.1 Å². The van der Waals surface area contributed by atoms with Crippen LogP contribution in [-0.2, 0) is 19.3 Å². The fourth-order valence-electron chi connectivity index (χ4n) is 6.88. The van der Waals surface area contributed by atoms with Crippen molar-refractivity contribution in [3.05, 3.63) is 0 Å². The molecule has 8 heteroatoms. The van der Waals surface area contributed by atoms with Gasteiger partial charge in [0.25, 0.3) is 11.8 Å². The highest BCUT2D eigenvalue weighted by atomic mass is 16.7. The van der Waals surface area contributed by atoms with Crippen molar-refractivity contribution < 1.29 is 19.3 Å². The molecule has 2 fully saturated rings. The van der Waals surface area contributed by atoms with E-state index in [-0.39, 0.29) is 34.0 Å². The van der Waals surface area contributed by atoms with Gasteiger partial charge in [0.2, 0.25) is 0 Å². The number of carbonyl (C=O) groups excluding carboxylic acids is 2. The highest BCUT2D eigenvalue weighted by molar-refractivity contribution is 5.85. The van der Waals surface area contributed by atoms with Gasteiger partial charge < -0.3 is 10.6 Å². The van der Waals surface area contributed by atoms with Crippen molar-refractivity contribution in [2.45, 2.75) is 182 Å². The van der Waals surface area contributed by atoms with Crippen molar-refractivity contribution in [1.82, 2.24) is 20.8 Å². The van der Waals surface area contributed by atoms with Crippen molar-refractivity contribution in [3.8, 4) is 0 Å². The van der Waals surface area contributed by atoms with Gasteiger partial charge in [-0.25, -0.2) is 0 Å². The first-order valence-corrected chi connectivity index (χ1v) is 16.8. The van der Waals surface area contributed by atoms with E-state index in [1.54, 1.807) is 0 Å². The van der Waals surface area contributed by atoms with Gasteiger partial charge in [0.15, 0.2) is 11.2 Å². The van der Waals surface area contributed by atoms with Crippen LogP contribution >= 0.6 is 0 Å². The molecule has 0 spiro atoms. The predicted octanol–water partition coefficient (Wildman–Crippen LogP) is 6.78. The summed E-state index contributed by atoms with van der Waals surface area (Å²) in [6.45, 7) is 30.3. The van der Waals surface area contributed by atoms with Crippen molar-refractivity contribution in [2.24, 2.45) is 11.8 Å². The van der Waals surface area contributed by atoms with E-state index in [1.165, 1.54) is 0 Å². The van der Waals surface area contributed by atoms with Gasteiger partial charge in [-0.05, 0) is 119 Å². The van der Waals surface area contributed by atoms with E-state index in [4.69, 9.17) is 9.68 Å². The Morgan fingerprint density at radius 2 is 0.976 bits per heavy atom. The molecule has 246 valence electrons. The Morgan fingerprint density at radius 3 is 1.24 bits per heavy atom. The molecule has 0 aliphatic carbocycles. The third kappa shape index (κ3) is 7.18. The van der Waals surface area contributed by atoms with Gasteiger partial charge in [0.1, 0.15) is 0 Å². The molecule has 0 aromatic heterocycles. The van der Waals surface area contributed by atoms with Gasteiger partial charge in [-0.3, -0.25) is 19.3 Å². The predicted molar refractivity (Wildman–Crippen MR) is 172 cm³/mol. The lowest BCUT2D eigenvalue weighted by molar-refractivity contribution is -0.338. The van der Waals surface area contributed by atoms with Crippen LogP contribution in [0.15, 0.2) is 0 Å². The molecule has 0 saturated carbocycles. The Labute approximate surface area is 258 Å². The second-order valence-corrected chi connectivity index (χ2v) is 15.3. The van der Waals surface area contributed by atoms with Gasteiger partial charge >= 0.3 is 0 Å². The number of hydrogen-bond donors (Lipinski definition) is 2. The molecule has 2 aliphatic rings. The number of hydroxylamine groups is 4. The molecule has 6 unspecified atom stereocenters. The van der Waals surface area contributed by atoms with Gasteiger partial charge in [0.05, 0.1) is 0 Å². The van der Waals surface area contributed by atoms with Crippen LogP contribution in [0.3, 0.4) is 0 Å². The monoisotopic (exact) mass is 595 g/mol. The lowest BCUT2D eigenvalue weighted by Crippen LogP contribution is -2.67. The molecule has 2 amide bonds. The van der Waals surface area contributed by atoms with E-state index < -0.39 is 11.2 Å². The molecule has 6 atom stereocenters. The van der Waals surface area contributed by atoms with Crippen LogP contribution in [0.1, 0.15) is 148 Å². The SMILES string of the molecule is CCC1(C)CCC(C)C(C)(CC)N1OC(C)(C)C(=O)NCCNC(=O)C(C)(C)ON1C(C)(CC)CCC(C)C1(C)CC. The molecule has 8 nitrogen and oxygen atoms in total. The summed E-state index contributed by atoms with van der Waals surface area (Å²) in [5.74, 6) is 0.532. The number of rotatable bonds is 13. The maximum atomic E-state index is 13.4. The summed E-state index contributed by atoms with van der Waals surface area (Å²) >= 11 is 0. The number of piperidine rings is 2. The third-order valence-electron chi connectivity index (χ3n) is 11.6. The van der Waals surface area contributed by atoms with Crippen LogP contribution in [0.4, 0.5) is 0 Å². The Morgan fingerprint density at radius 1 is 0.667 bits per heavy atom. The average molecular weight is 595 g/mol. The fourth-order valence-corrected chi connectivity index (χ4v) is 6.88. The first-order chi connectivity index (χ1) is 19.2. The normalized spacial score (nSPS) is 35.2. The minimum absolute atomic E-state index is 0.137. The fraction of sp³-hybridized carbons (Fsp3) is 0.941. The number of carbonyl (C=O) groups is 2. The van der Waals surface area contributed by atoms with E-state index in [1.807, 2.05) is 27.7 Å². The maximum Gasteiger partial charge on any atom is 0.253 e. The van der Waals surface area contributed by atoms with E-state index in [0.29, 0.717) is 24.9 Å². The highest BCUT2D eigenvalue weighted by Crippen LogP contribution is 2.48. The molecule has 2 aliphatic heterocycles. The zero-order valence-corrected chi connectivity index (χ0v) is 29.8. The number of amides is 2. The maximum absolute atomic E-state index is 13.4. The number of hydrogen-bond acceptors (Lipinski definition) is 6. The Kier molecular flexibility index (Phi) is 11.8. The summed E-state index contributed by atoms with van der Waals surface area (Å²) in [4.78, 5) is 39.9. The average Bonchev–Trinajstić information content (AvgIpc) is 2.95. The molecule has 0 aromatic carbocycles. The lowest BCUT2D eigenvalue weighted by atomic mass is 9.71. The topological polar surface area (TPSA) is 83.1 Å². The van der Waals surface area contributed by atoms with Crippen molar-refractivity contribution in [3.63, 3.8) is 0 Å². The molecule has 2 heterocycles. The summed E-state index contributed by atoms with van der Waals surface area (Å²) in [6, 6.07) is 0. The van der Waals surface area contributed by atoms with Crippen molar-refractivity contribution >= 4 is 11.8 Å². The Hall–Kier alpha value is -1.22. The zero-order valence-electron chi connectivity index (χ0n) is 29.8. The lowest BCUT2D eigenvalue weighted by Gasteiger charge is -2.58. The quantitative estimate of drug-likeness (QED) is 0.229. The van der Waals surface area contributed by atoms with Gasteiger partial charge in [-0.1, -0.05) is 41.5 Å². The van der Waals surface area contributed by atoms with E-state index in [9.17, 15) is 9.59 Å². The summed E-state index contributed by atoms with van der Waals surface area (Å²) in [7, 11) is 0. The molecule has 0 bridgehead atoms. The third-order valence-corrected chi connectivity index (χ3v) is 11.6. The summed E-state index contributed by atoms with van der Waals surface area (Å²) < 4.78 is 0. The molecular weight excluding hydrogens is 528 g/mol. The van der Waals surface area contributed by atoms with Crippen LogP contribution in [0.2, 0.25) is 0 Å². The molecule has 2 saturated heterocycles. The summed E-state index contributed by atoms with van der Waals surface area (Å²) in [5.41, 5.74) is -2.71. The van der Waals surface area contributed by atoms with Gasteiger partial charge in [0, 0.05) is 35.2 Å². The first-order valence-electron chi connectivity index (χ1n) is 16.8. The number of nitrogens with one attached hydrogen (secondary N) is 2. The molecule has 2 rings (SSSR count). The minimum atomic E-state index is -1.06. The van der Waals surface area contributed by atoms with Crippen LogP contribution < -0.4 is 10.6 Å². The first kappa shape index (κ1) is 37.0. The van der Waals surface area contributed by atoms with E-state index >= 15 is 0 Å². The van der Waals surface area contributed by atoms with E-state index in [2.05, 4.69) is 90.0 Å². The molecule has 42 heavy (non-hydrogen) atoms. The van der Waals surface area contributed by atoms with Crippen LogP contribution in [0.5, 0.6) is 0 Å². The minimum Gasteiger partial charge on any atom is -0.352 e. The van der Waals surface area contributed by atoms with Crippen LogP contribution in [-0.4, -0.2) is 68.4 Å². The molecule has 0 radical (unpaired) electrons. The molecule has 2 N–H and O–H groups in total. The van der Waals surface area contributed by atoms with E-state index in [0.717, 1.165) is 51.4 Å². The standard InChI is InChI=1S/C34H66N4O4/c1-15-31(11)21-19-25(5)33(13,17-3)37(31)41-29(7,8)27(39)35-23-24-36-28(40)30(9,10)42-38-32(12,16-2)22-20-26(6)34(38,14)18-4/h25-26H,15-24H2,1-14H3,(H,35,39)(H,36,40). The number of nitrogens with zero attached hydrogens (tertiary/aromatic N) is 2. The van der Waals surface area contributed by atoms with Crippen LogP contribution in [0.25, 0.3) is 0 Å². The van der Waals surface area contributed by atoms with Crippen molar-refractivity contribution in [2.75, 3.05) is 13.1 Å². The largest absolute Gasteiger partial charge is 0.352 e. The zero-order chi connectivity index (χ0) is 32.4. The summed E-state index contributed by atoms with van der Waals surface area (Å²) in [5, 5.41) is 10.3. The van der Waals surface area contributed by atoms with Crippen LogP contribution in [0, 0.1) is 11.8 Å². The second-order valence-electron chi connectivity index (χ2n) is 15.3. The Bertz CT molecular complexity index is 867. The smallest absolute Gasteiger partial charge is 0.253 e. The summed E-state index contributed by atoms with van der Waals surface area (Å²) in [6.07, 6.45) is 8.14. The second kappa shape index (κ2) is 13.4. The molecule has 0 aromatic rings. The van der Waals surface area contributed by atoms with Crippen molar-refractivity contribution in [1.29, 1.82) is 0 Å². The van der Waals surface area contributed by atoms with Gasteiger partial charge in [-0.15, -0.1) is 0 Å². The molecular formula is C34H66N4O4. The highest BCUT2D eigenvalue weighted by Gasteiger charge is 2.53.